The Kier molecular flexibility index (Phi) is 3.93. The lowest BCUT2D eigenvalue weighted by Crippen LogP contribution is -2.24. The summed E-state index contributed by atoms with van der Waals surface area (Å²) in [5.74, 6) is 1.45. The highest BCUT2D eigenvalue weighted by Gasteiger charge is 2.14. The molecule has 2 N–H and O–H groups in total. The molecule has 2 heterocycles. The molecule has 0 fully saturated rings. The number of hydrogen-bond acceptors (Lipinski definition) is 5. The number of aliphatic hydroxyl groups excluding tert-OH is 1. The summed E-state index contributed by atoms with van der Waals surface area (Å²) in [5, 5.41) is 15.1. The van der Waals surface area contributed by atoms with Crippen molar-refractivity contribution in [1.29, 1.82) is 0 Å². The lowest BCUT2D eigenvalue weighted by Gasteiger charge is -2.13. The van der Waals surface area contributed by atoms with Crippen LogP contribution in [0.2, 0.25) is 0 Å². The first-order chi connectivity index (χ1) is 8.16. The van der Waals surface area contributed by atoms with E-state index < -0.39 is 6.10 Å². The van der Waals surface area contributed by atoms with Gasteiger partial charge in [-0.25, -0.2) is 4.98 Å². The van der Waals surface area contributed by atoms with Crippen LogP contribution < -0.4 is 5.32 Å². The number of nitrogens with zero attached hydrogens (tertiary/aromatic N) is 1. The van der Waals surface area contributed by atoms with Gasteiger partial charge in [0.2, 0.25) is 5.89 Å². The van der Waals surface area contributed by atoms with E-state index in [0.29, 0.717) is 12.4 Å². The SMILES string of the molecule is Cc1cnc(C(C)NCC(O)c2cccs2)o1. The van der Waals surface area contributed by atoms with E-state index in [-0.39, 0.29) is 6.04 Å². The van der Waals surface area contributed by atoms with E-state index in [1.807, 2.05) is 31.4 Å². The van der Waals surface area contributed by atoms with Crippen LogP contribution in [0.5, 0.6) is 0 Å². The Morgan fingerprint density at radius 3 is 3.00 bits per heavy atom. The fourth-order valence-corrected chi connectivity index (χ4v) is 2.24. The Bertz CT molecular complexity index is 453. The van der Waals surface area contributed by atoms with Gasteiger partial charge in [-0.05, 0) is 25.3 Å². The maximum atomic E-state index is 9.91. The number of aliphatic hydroxyl groups is 1. The Morgan fingerprint density at radius 1 is 1.59 bits per heavy atom. The summed E-state index contributed by atoms with van der Waals surface area (Å²) in [6, 6.07) is 3.86. The third-order valence-corrected chi connectivity index (χ3v) is 3.47. The third kappa shape index (κ3) is 3.15. The second-order valence-corrected chi connectivity index (χ2v) is 4.95. The van der Waals surface area contributed by atoms with Crippen LogP contribution in [0.15, 0.2) is 28.1 Å². The molecule has 2 aromatic rings. The van der Waals surface area contributed by atoms with Gasteiger partial charge >= 0.3 is 0 Å². The zero-order chi connectivity index (χ0) is 12.3. The number of oxazole rings is 1. The molecule has 92 valence electrons. The zero-order valence-corrected chi connectivity index (χ0v) is 10.7. The first kappa shape index (κ1) is 12.3. The first-order valence-corrected chi connectivity index (χ1v) is 6.42. The summed E-state index contributed by atoms with van der Waals surface area (Å²) >= 11 is 1.55. The van der Waals surface area contributed by atoms with Gasteiger partial charge in [-0.3, -0.25) is 0 Å². The fourth-order valence-electron chi connectivity index (χ4n) is 1.53. The maximum absolute atomic E-state index is 9.91. The molecule has 5 heteroatoms. The Morgan fingerprint density at radius 2 is 2.41 bits per heavy atom. The second kappa shape index (κ2) is 5.44. The quantitative estimate of drug-likeness (QED) is 0.858. The molecular formula is C12H16N2O2S. The predicted octanol–water partition coefficient (Wildman–Crippen LogP) is 2.43. The molecule has 0 aromatic carbocycles. The van der Waals surface area contributed by atoms with Crippen LogP contribution in [0.25, 0.3) is 0 Å². The molecule has 0 aliphatic heterocycles. The molecule has 2 aromatic heterocycles. The topological polar surface area (TPSA) is 58.3 Å². The molecule has 17 heavy (non-hydrogen) atoms. The van der Waals surface area contributed by atoms with E-state index in [0.717, 1.165) is 10.6 Å². The summed E-state index contributed by atoms with van der Waals surface area (Å²) in [6.07, 6.45) is 1.22. The number of aromatic nitrogens is 1. The normalized spacial score (nSPS) is 14.8. The van der Waals surface area contributed by atoms with E-state index in [9.17, 15) is 5.11 Å². The molecule has 0 radical (unpaired) electrons. The summed E-state index contributed by atoms with van der Waals surface area (Å²) in [5.41, 5.74) is 0. The number of nitrogens with one attached hydrogen (secondary N) is 1. The highest BCUT2D eigenvalue weighted by atomic mass is 32.1. The number of hydrogen-bond donors (Lipinski definition) is 2. The monoisotopic (exact) mass is 252 g/mol. The minimum absolute atomic E-state index is 0.00156. The van der Waals surface area contributed by atoms with Crippen LogP contribution in [0, 0.1) is 6.92 Å². The minimum Gasteiger partial charge on any atom is -0.444 e. The minimum atomic E-state index is -0.478. The van der Waals surface area contributed by atoms with Gasteiger partial charge in [0.25, 0.3) is 0 Å². The van der Waals surface area contributed by atoms with Gasteiger partial charge in [0.15, 0.2) is 0 Å². The van der Waals surface area contributed by atoms with Crippen molar-refractivity contribution in [1.82, 2.24) is 10.3 Å². The van der Waals surface area contributed by atoms with E-state index in [2.05, 4.69) is 10.3 Å². The molecule has 0 bridgehead atoms. The molecule has 0 aliphatic rings. The lowest BCUT2D eigenvalue weighted by atomic mass is 10.2. The highest BCUT2D eigenvalue weighted by Crippen LogP contribution is 2.19. The van der Waals surface area contributed by atoms with Gasteiger partial charge in [-0.15, -0.1) is 11.3 Å². The standard InChI is InChI=1S/C12H16N2O2S/c1-8-6-14-12(16-8)9(2)13-7-10(15)11-4-3-5-17-11/h3-6,9-10,13,15H,7H2,1-2H3. The van der Waals surface area contributed by atoms with Crippen LogP contribution in [0.3, 0.4) is 0 Å². The fraction of sp³-hybridized carbons (Fsp3) is 0.417. The summed E-state index contributed by atoms with van der Waals surface area (Å²) in [6.45, 7) is 4.32. The van der Waals surface area contributed by atoms with Crippen molar-refractivity contribution in [3.63, 3.8) is 0 Å². The Balaban J connectivity index is 1.86. The average molecular weight is 252 g/mol. The van der Waals surface area contributed by atoms with Gasteiger partial charge in [0.05, 0.1) is 12.2 Å². The highest BCUT2D eigenvalue weighted by molar-refractivity contribution is 7.10. The van der Waals surface area contributed by atoms with Crippen molar-refractivity contribution < 1.29 is 9.52 Å². The summed E-state index contributed by atoms with van der Waals surface area (Å²) < 4.78 is 5.42. The molecular weight excluding hydrogens is 236 g/mol. The van der Waals surface area contributed by atoms with E-state index >= 15 is 0 Å². The second-order valence-electron chi connectivity index (χ2n) is 3.97. The third-order valence-electron chi connectivity index (χ3n) is 2.50. The lowest BCUT2D eigenvalue weighted by molar-refractivity contribution is 0.172. The number of thiophene rings is 1. The molecule has 4 nitrogen and oxygen atoms in total. The molecule has 0 aliphatic carbocycles. The van der Waals surface area contributed by atoms with Crippen molar-refractivity contribution in [2.75, 3.05) is 6.54 Å². The summed E-state index contributed by atoms with van der Waals surface area (Å²) in [7, 11) is 0. The zero-order valence-electron chi connectivity index (χ0n) is 9.88. The summed E-state index contributed by atoms with van der Waals surface area (Å²) in [4.78, 5) is 5.11. The molecule has 0 saturated heterocycles. The molecule has 0 amide bonds. The van der Waals surface area contributed by atoms with Crippen molar-refractivity contribution in [2.24, 2.45) is 0 Å². The molecule has 2 rings (SSSR count). The van der Waals surface area contributed by atoms with Crippen LogP contribution in [-0.4, -0.2) is 16.6 Å². The molecule has 0 spiro atoms. The van der Waals surface area contributed by atoms with Crippen LogP contribution in [-0.2, 0) is 0 Å². The Hall–Kier alpha value is -1.17. The average Bonchev–Trinajstić information content (AvgIpc) is 2.95. The smallest absolute Gasteiger partial charge is 0.211 e. The van der Waals surface area contributed by atoms with Crippen molar-refractivity contribution in [3.05, 3.63) is 40.2 Å². The van der Waals surface area contributed by atoms with Crippen molar-refractivity contribution in [3.8, 4) is 0 Å². The molecule has 2 unspecified atom stereocenters. The van der Waals surface area contributed by atoms with Gasteiger partial charge in [-0.1, -0.05) is 6.07 Å². The van der Waals surface area contributed by atoms with Crippen LogP contribution in [0.1, 0.15) is 35.6 Å². The van der Waals surface area contributed by atoms with Crippen molar-refractivity contribution >= 4 is 11.3 Å². The van der Waals surface area contributed by atoms with Crippen molar-refractivity contribution in [2.45, 2.75) is 26.0 Å². The van der Waals surface area contributed by atoms with Gasteiger partial charge in [-0.2, -0.15) is 0 Å². The van der Waals surface area contributed by atoms with Gasteiger partial charge in [0, 0.05) is 11.4 Å². The van der Waals surface area contributed by atoms with E-state index in [1.54, 1.807) is 17.5 Å². The van der Waals surface area contributed by atoms with Crippen LogP contribution >= 0.6 is 11.3 Å². The van der Waals surface area contributed by atoms with E-state index in [4.69, 9.17) is 4.42 Å². The first-order valence-electron chi connectivity index (χ1n) is 5.54. The molecule has 2 atom stereocenters. The number of aryl methyl sites for hydroxylation is 1. The maximum Gasteiger partial charge on any atom is 0.211 e. The van der Waals surface area contributed by atoms with Crippen LogP contribution in [0.4, 0.5) is 0 Å². The van der Waals surface area contributed by atoms with Gasteiger partial charge in [0.1, 0.15) is 11.9 Å². The largest absolute Gasteiger partial charge is 0.444 e. The van der Waals surface area contributed by atoms with Gasteiger partial charge < -0.3 is 14.8 Å². The Labute approximate surface area is 104 Å². The number of rotatable bonds is 5. The van der Waals surface area contributed by atoms with E-state index in [1.165, 1.54) is 0 Å². The molecule has 0 saturated carbocycles. The predicted molar refractivity (Wildman–Crippen MR) is 66.9 cm³/mol.